The highest BCUT2D eigenvalue weighted by atomic mass is 16.5. The van der Waals surface area contributed by atoms with Crippen molar-refractivity contribution in [3.63, 3.8) is 0 Å². The van der Waals surface area contributed by atoms with Crippen LogP contribution in [-0.4, -0.2) is 30.7 Å². The summed E-state index contributed by atoms with van der Waals surface area (Å²) in [7, 11) is 0. The number of ether oxygens (including phenoxy) is 1. The van der Waals surface area contributed by atoms with Gasteiger partial charge in [0.25, 0.3) is 5.88 Å². The molecule has 100 valence electrons. The minimum absolute atomic E-state index is 0.119. The van der Waals surface area contributed by atoms with Crippen molar-refractivity contribution in [1.29, 1.82) is 0 Å². The predicted octanol–water partition coefficient (Wildman–Crippen LogP) is 1.54. The van der Waals surface area contributed by atoms with Gasteiger partial charge in [-0.3, -0.25) is 9.20 Å². The molecule has 3 aromatic rings. The smallest absolute Gasteiger partial charge is 0.307 e. The van der Waals surface area contributed by atoms with Crippen LogP contribution in [-0.2, 0) is 11.2 Å². The van der Waals surface area contributed by atoms with Crippen LogP contribution < -0.4 is 4.74 Å². The lowest BCUT2D eigenvalue weighted by Gasteiger charge is -2.09. The van der Waals surface area contributed by atoms with Crippen LogP contribution in [0.4, 0.5) is 0 Å². The molecule has 1 N–H and O–H groups in total. The third kappa shape index (κ3) is 2.28. The lowest BCUT2D eigenvalue weighted by molar-refractivity contribution is -0.136. The largest absolute Gasteiger partial charge is 0.481 e. The monoisotopic (exact) mass is 270 g/mol. The first-order valence-corrected chi connectivity index (χ1v) is 5.86. The Bertz CT molecular complexity index is 769. The number of carboxylic acids is 1. The Hall–Kier alpha value is -2.96. The molecule has 20 heavy (non-hydrogen) atoms. The van der Waals surface area contributed by atoms with Gasteiger partial charge in [0, 0.05) is 18.0 Å². The summed E-state index contributed by atoms with van der Waals surface area (Å²) in [6.45, 7) is 0. The zero-order valence-corrected chi connectivity index (χ0v) is 10.3. The first-order valence-electron chi connectivity index (χ1n) is 5.86. The molecule has 0 atom stereocenters. The quantitative estimate of drug-likeness (QED) is 0.773. The van der Waals surface area contributed by atoms with E-state index in [0.29, 0.717) is 17.0 Å². The minimum atomic E-state index is -0.922. The second-order valence-corrected chi connectivity index (χ2v) is 4.07. The maximum Gasteiger partial charge on any atom is 0.307 e. The summed E-state index contributed by atoms with van der Waals surface area (Å²) in [6.07, 6.45) is 4.68. The molecule has 0 aliphatic carbocycles. The summed E-state index contributed by atoms with van der Waals surface area (Å²) < 4.78 is 7.35. The Kier molecular flexibility index (Phi) is 3.00. The van der Waals surface area contributed by atoms with E-state index >= 15 is 0 Å². The van der Waals surface area contributed by atoms with Crippen LogP contribution in [0.15, 0.2) is 43.0 Å². The molecule has 0 spiro atoms. The Morgan fingerprint density at radius 2 is 2.20 bits per heavy atom. The topological polar surface area (TPSA) is 89.6 Å². The molecule has 7 nitrogen and oxygen atoms in total. The van der Waals surface area contributed by atoms with Crippen LogP contribution in [0, 0.1) is 0 Å². The molecule has 0 bridgehead atoms. The van der Waals surface area contributed by atoms with Gasteiger partial charge in [0.1, 0.15) is 12.1 Å². The summed E-state index contributed by atoms with van der Waals surface area (Å²) in [6, 6.07) is 6.92. The number of para-hydroxylation sites is 1. The van der Waals surface area contributed by atoms with Crippen molar-refractivity contribution in [3.8, 4) is 11.6 Å². The van der Waals surface area contributed by atoms with Crippen molar-refractivity contribution in [3.05, 3.63) is 48.5 Å². The molecule has 0 radical (unpaired) electrons. The second-order valence-electron chi connectivity index (χ2n) is 4.07. The van der Waals surface area contributed by atoms with Crippen LogP contribution >= 0.6 is 0 Å². The molecule has 0 saturated heterocycles. The van der Waals surface area contributed by atoms with Gasteiger partial charge in [0.2, 0.25) is 5.65 Å². The van der Waals surface area contributed by atoms with Crippen LogP contribution in [0.1, 0.15) is 5.56 Å². The molecule has 0 amide bonds. The molecule has 0 saturated carbocycles. The van der Waals surface area contributed by atoms with E-state index in [9.17, 15) is 4.79 Å². The van der Waals surface area contributed by atoms with Crippen molar-refractivity contribution < 1.29 is 14.6 Å². The van der Waals surface area contributed by atoms with E-state index in [0.717, 1.165) is 0 Å². The van der Waals surface area contributed by atoms with Crippen molar-refractivity contribution in [2.75, 3.05) is 0 Å². The zero-order chi connectivity index (χ0) is 13.9. The van der Waals surface area contributed by atoms with Gasteiger partial charge < -0.3 is 9.84 Å². The van der Waals surface area contributed by atoms with Crippen LogP contribution in [0.3, 0.4) is 0 Å². The van der Waals surface area contributed by atoms with Crippen molar-refractivity contribution in [2.24, 2.45) is 0 Å². The number of carbonyl (C=O) groups is 1. The normalized spacial score (nSPS) is 10.6. The van der Waals surface area contributed by atoms with Crippen molar-refractivity contribution >= 4 is 11.6 Å². The standard InChI is InChI=1S/C13H10N4O3/c18-11(19)7-9-3-1-2-4-10(9)20-13-12-16-15-8-17(12)6-5-14-13/h1-6,8H,7H2,(H,18,19). The van der Waals surface area contributed by atoms with Gasteiger partial charge in [-0.05, 0) is 6.07 Å². The number of hydrogen-bond acceptors (Lipinski definition) is 5. The lowest BCUT2D eigenvalue weighted by Crippen LogP contribution is -2.02. The molecule has 0 fully saturated rings. The molecule has 2 heterocycles. The number of fused-ring (bicyclic) bond motifs is 1. The van der Waals surface area contributed by atoms with Gasteiger partial charge in [0.05, 0.1) is 6.42 Å². The average Bonchev–Trinajstić information content (AvgIpc) is 2.90. The molecule has 7 heteroatoms. The second kappa shape index (κ2) is 4.96. The van der Waals surface area contributed by atoms with Crippen LogP contribution in [0.25, 0.3) is 5.65 Å². The molecular formula is C13H10N4O3. The molecular weight excluding hydrogens is 260 g/mol. The van der Waals surface area contributed by atoms with E-state index < -0.39 is 5.97 Å². The highest BCUT2D eigenvalue weighted by molar-refractivity contribution is 5.71. The number of nitrogens with zero attached hydrogens (tertiary/aromatic N) is 4. The van der Waals surface area contributed by atoms with Crippen molar-refractivity contribution in [2.45, 2.75) is 6.42 Å². The van der Waals surface area contributed by atoms with E-state index in [1.807, 2.05) is 0 Å². The fourth-order valence-electron chi connectivity index (χ4n) is 1.82. The molecule has 2 aromatic heterocycles. The highest BCUT2D eigenvalue weighted by Crippen LogP contribution is 2.26. The van der Waals surface area contributed by atoms with E-state index in [1.54, 1.807) is 41.1 Å². The number of aromatic nitrogens is 4. The molecule has 0 aliphatic rings. The van der Waals surface area contributed by atoms with Crippen LogP contribution in [0.5, 0.6) is 11.6 Å². The Balaban J connectivity index is 1.99. The third-order valence-electron chi connectivity index (χ3n) is 2.70. The van der Waals surface area contributed by atoms with Gasteiger partial charge in [-0.25, -0.2) is 4.98 Å². The van der Waals surface area contributed by atoms with Crippen LogP contribution in [0.2, 0.25) is 0 Å². The Morgan fingerprint density at radius 1 is 1.35 bits per heavy atom. The molecule has 0 unspecified atom stereocenters. The maximum atomic E-state index is 10.8. The summed E-state index contributed by atoms with van der Waals surface area (Å²) in [5.41, 5.74) is 1.04. The molecule has 3 rings (SSSR count). The van der Waals surface area contributed by atoms with Gasteiger partial charge in [-0.2, -0.15) is 0 Å². The Morgan fingerprint density at radius 3 is 3.05 bits per heavy atom. The number of rotatable bonds is 4. The summed E-state index contributed by atoms with van der Waals surface area (Å²) in [4.78, 5) is 14.9. The zero-order valence-electron chi connectivity index (χ0n) is 10.3. The van der Waals surface area contributed by atoms with E-state index in [4.69, 9.17) is 9.84 Å². The number of aliphatic carboxylic acids is 1. The van der Waals surface area contributed by atoms with Gasteiger partial charge in [-0.1, -0.05) is 18.2 Å². The average molecular weight is 270 g/mol. The highest BCUT2D eigenvalue weighted by Gasteiger charge is 2.12. The first-order chi connectivity index (χ1) is 9.74. The predicted molar refractivity (Wildman–Crippen MR) is 68.6 cm³/mol. The fourth-order valence-corrected chi connectivity index (χ4v) is 1.82. The molecule has 1 aromatic carbocycles. The third-order valence-corrected chi connectivity index (χ3v) is 2.70. The summed E-state index contributed by atoms with van der Waals surface area (Å²) >= 11 is 0. The summed E-state index contributed by atoms with van der Waals surface area (Å²) in [5, 5.41) is 16.6. The number of benzene rings is 1. The first kappa shape index (κ1) is 12.1. The van der Waals surface area contributed by atoms with E-state index in [2.05, 4.69) is 15.2 Å². The van der Waals surface area contributed by atoms with Gasteiger partial charge in [-0.15, -0.1) is 10.2 Å². The number of hydrogen-bond donors (Lipinski definition) is 1. The van der Waals surface area contributed by atoms with Gasteiger partial charge in [0.15, 0.2) is 0 Å². The van der Waals surface area contributed by atoms with E-state index in [-0.39, 0.29) is 12.3 Å². The maximum absolute atomic E-state index is 10.8. The minimum Gasteiger partial charge on any atom is -0.481 e. The SMILES string of the molecule is O=C(O)Cc1ccccc1Oc1nccn2cnnc12. The van der Waals surface area contributed by atoms with Gasteiger partial charge >= 0.3 is 5.97 Å². The lowest BCUT2D eigenvalue weighted by atomic mass is 10.1. The fraction of sp³-hybridized carbons (Fsp3) is 0.0769. The molecule has 0 aliphatic heterocycles. The van der Waals surface area contributed by atoms with E-state index in [1.165, 1.54) is 6.33 Å². The summed E-state index contributed by atoms with van der Waals surface area (Å²) in [5.74, 6) is -0.198. The van der Waals surface area contributed by atoms with Crippen molar-refractivity contribution in [1.82, 2.24) is 19.6 Å². The Labute approximate surface area is 113 Å². The number of carboxylic acid groups (broad SMARTS) is 1.